The van der Waals surface area contributed by atoms with Crippen LogP contribution in [0.15, 0.2) is 30.3 Å². The first kappa shape index (κ1) is 24.3. The van der Waals surface area contributed by atoms with E-state index in [1.807, 2.05) is 30.3 Å². The zero-order valence-corrected chi connectivity index (χ0v) is 18.6. The summed E-state index contributed by atoms with van der Waals surface area (Å²) in [7, 11) is 0. The smallest absolute Gasteiger partial charge is 1.00 e. The minimum absolute atomic E-state index is 0. The van der Waals surface area contributed by atoms with Gasteiger partial charge >= 0.3 is 59.1 Å². The quantitative estimate of drug-likeness (QED) is 0.396. The molecule has 1 aromatic rings. The van der Waals surface area contributed by atoms with Crippen molar-refractivity contribution >= 4 is 0 Å². The molecule has 1 aromatic carbocycles. The Hall–Kier alpha value is 1.02. The Morgan fingerprint density at radius 2 is 1.19 bits per heavy atom. The number of benzene rings is 1. The van der Waals surface area contributed by atoms with Crippen LogP contribution in [-0.4, -0.2) is 6.61 Å². The van der Waals surface area contributed by atoms with Gasteiger partial charge in [0.2, 0.25) is 0 Å². The fraction of sp³-hybridized carbons (Fsp3) is 0.667. The molecular formula is C18H32Na2O. The van der Waals surface area contributed by atoms with Gasteiger partial charge in [-0.05, 0) is 18.6 Å². The third kappa shape index (κ3) is 15.7. The summed E-state index contributed by atoms with van der Waals surface area (Å²) in [5, 5.41) is 0. The van der Waals surface area contributed by atoms with Crippen molar-refractivity contribution in [1.82, 2.24) is 0 Å². The van der Waals surface area contributed by atoms with Crippen LogP contribution in [-0.2, 0) is 0 Å². The normalized spacial score (nSPS) is 9.57. The van der Waals surface area contributed by atoms with Crippen LogP contribution in [0, 0.1) is 0 Å². The average molecular weight is 310 g/mol. The summed E-state index contributed by atoms with van der Waals surface area (Å²) < 4.78 is 5.68. The standard InChI is InChI=1S/C18H30O.2Na.2H/c1-2-3-4-5-6-7-8-9-10-14-17-19-18-15-12-11-13-16-18;;;;/h11-13,15-16H,2-10,14,17H2,1H3;;;;/q;2*+1;2*-1. The Bertz CT molecular complexity index is 300. The van der Waals surface area contributed by atoms with E-state index in [2.05, 4.69) is 6.92 Å². The van der Waals surface area contributed by atoms with Crippen LogP contribution in [0.3, 0.4) is 0 Å². The van der Waals surface area contributed by atoms with E-state index in [4.69, 9.17) is 4.74 Å². The molecule has 0 saturated heterocycles. The van der Waals surface area contributed by atoms with E-state index in [-0.39, 0.29) is 62.0 Å². The van der Waals surface area contributed by atoms with Gasteiger partial charge in [0.25, 0.3) is 0 Å². The summed E-state index contributed by atoms with van der Waals surface area (Å²) in [5.41, 5.74) is 0. The van der Waals surface area contributed by atoms with Crippen molar-refractivity contribution < 1.29 is 66.7 Å². The van der Waals surface area contributed by atoms with Crippen LogP contribution >= 0.6 is 0 Å². The summed E-state index contributed by atoms with van der Waals surface area (Å²) in [6.07, 6.45) is 13.7. The molecule has 0 spiro atoms. The van der Waals surface area contributed by atoms with E-state index in [9.17, 15) is 0 Å². The van der Waals surface area contributed by atoms with E-state index < -0.39 is 0 Å². The van der Waals surface area contributed by atoms with Crippen LogP contribution in [0.1, 0.15) is 74.0 Å². The molecule has 0 atom stereocenters. The monoisotopic (exact) mass is 310 g/mol. The molecule has 0 fully saturated rings. The molecule has 1 rings (SSSR count). The number of para-hydroxylation sites is 1. The minimum atomic E-state index is 0. The van der Waals surface area contributed by atoms with Gasteiger partial charge in [0.15, 0.2) is 0 Å². The zero-order chi connectivity index (χ0) is 13.6. The summed E-state index contributed by atoms with van der Waals surface area (Å²) in [4.78, 5) is 0. The molecule has 0 aliphatic carbocycles. The molecule has 0 bridgehead atoms. The fourth-order valence-electron chi connectivity index (χ4n) is 2.30. The Kier molecular flexibility index (Phi) is 22.0. The number of unbranched alkanes of at least 4 members (excludes halogenated alkanes) is 9. The molecule has 21 heavy (non-hydrogen) atoms. The largest absolute Gasteiger partial charge is 1.00 e. The van der Waals surface area contributed by atoms with E-state index >= 15 is 0 Å². The van der Waals surface area contributed by atoms with Gasteiger partial charge in [0, 0.05) is 0 Å². The van der Waals surface area contributed by atoms with E-state index in [1.54, 1.807) is 0 Å². The molecule has 0 aliphatic rings. The van der Waals surface area contributed by atoms with Crippen molar-refractivity contribution in [2.45, 2.75) is 71.1 Å². The Morgan fingerprint density at radius 3 is 1.71 bits per heavy atom. The van der Waals surface area contributed by atoms with Crippen LogP contribution in [0.25, 0.3) is 0 Å². The molecule has 0 aromatic heterocycles. The maximum absolute atomic E-state index is 5.68. The molecule has 112 valence electrons. The summed E-state index contributed by atoms with van der Waals surface area (Å²) in [6, 6.07) is 10.1. The van der Waals surface area contributed by atoms with Crippen molar-refractivity contribution in [3.05, 3.63) is 30.3 Å². The number of hydrogen-bond donors (Lipinski definition) is 0. The van der Waals surface area contributed by atoms with Gasteiger partial charge in [-0.3, -0.25) is 0 Å². The summed E-state index contributed by atoms with van der Waals surface area (Å²) >= 11 is 0. The third-order valence-electron chi connectivity index (χ3n) is 3.51. The average Bonchev–Trinajstić information content (AvgIpc) is 2.46. The summed E-state index contributed by atoms with van der Waals surface area (Å²) in [6.45, 7) is 3.14. The van der Waals surface area contributed by atoms with Crippen LogP contribution < -0.4 is 63.9 Å². The third-order valence-corrected chi connectivity index (χ3v) is 3.51. The maximum atomic E-state index is 5.68. The SMILES string of the molecule is CCCCCCCCCCCCOc1ccccc1.[H-].[H-].[Na+].[Na+]. The predicted molar refractivity (Wildman–Crippen MR) is 86.0 cm³/mol. The van der Waals surface area contributed by atoms with Crippen molar-refractivity contribution in [3.8, 4) is 5.75 Å². The molecule has 0 heterocycles. The van der Waals surface area contributed by atoms with Gasteiger partial charge in [0.05, 0.1) is 6.61 Å². The summed E-state index contributed by atoms with van der Waals surface area (Å²) in [5.74, 6) is 0.999. The Labute approximate surface area is 179 Å². The number of rotatable bonds is 12. The molecule has 0 N–H and O–H groups in total. The van der Waals surface area contributed by atoms with Gasteiger partial charge in [-0.2, -0.15) is 0 Å². The number of hydrogen-bond acceptors (Lipinski definition) is 1. The van der Waals surface area contributed by atoms with Gasteiger partial charge < -0.3 is 7.59 Å². The van der Waals surface area contributed by atoms with Crippen molar-refractivity contribution in [2.75, 3.05) is 6.61 Å². The first-order valence-electron chi connectivity index (χ1n) is 8.11. The molecule has 0 radical (unpaired) electrons. The second-order valence-electron chi connectivity index (χ2n) is 5.34. The topological polar surface area (TPSA) is 9.23 Å². The molecule has 3 heteroatoms. The molecule has 0 unspecified atom stereocenters. The minimum Gasteiger partial charge on any atom is -1.00 e. The van der Waals surface area contributed by atoms with Gasteiger partial charge in [-0.1, -0.05) is 82.9 Å². The Morgan fingerprint density at radius 1 is 0.714 bits per heavy atom. The van der Waals surface area contributed by atoms with E-state index in [0.29, 0.717) is 0 Å². The maximum Gasteiger partial charge on any atom is 1.00 e. The molecule has 0 aliphatic heterocycles. The van der Waals surface area contributed by atoms with Crippen LogP contribution in [0.4, 0.5) is 0 Å². The predicted octanol–water partition coefficient (Wildman–Crippen LogP) is 0.219. The van der Waals surface area contributed by atoms with Crippen molar-refractivity contribution in [3.63, 3.8) is 0 Å². The Balaban J connectivity index is -0.000000451. The first-order valence-corrected chi connectivity index (χ1v) is 8.11. The van der Waals surface area contributed by atoms with Crippen molar-refractivity contribution in [2.24, 2.45) is 0 Å². The molecule has 0 amide bonds. The van der Waals surface area contributed by atoms with E-state index in [0.717, 1.165) is 12.4 Å². The zero-order valence-electron chi connectivity index (χ0n) is 16.6. The second-order valence-corrected chi connectivity index (χ2v) is 5.34. The van der Waals surface area contributed by atoms with Crippen LogP contribution in [0.2, 0.25) is 0 Å². The second kappa shape index (κ2) is 19.1. The van der Waals surface area contributed by atoms with Gasteiger partial charge in [0.1, 0.15) is 5.75 Å². The van der Waals surface area contributed by atoms with Crippen LogP contribution in [0.5, 0.6) is 5.75 Å². The van der Waals surface area contributed by atoms with E-state index in [1.165, 1.54) is 64.2 Å². The van der Waals surface area contributed by atoms with Gasteiger partial charge in [-0.15, -0.1) is 0 Å². The molecule has 0 saturated carbocycles. The van der Waals surface area contributed by atoms with Crippen molar-refractivity contribution in [1.29, 1.82) is 0 Å². The van der Waals surface area contributed by atoms with Gasteiger partial charge in [-0.25, -0.2) is 0 Å². The molecule has 1 nitrogen and oxygen atoms in total. The molecular weight excluding hydrogens is 278 g/mol. The first-order chi connectivity index (χ1) is 9.43. The fourth-order valence-corrected chi connectivity index (χ4v) is 2.30. The number of ether oxygens (including phenoxy) is 1.